The Morgan fingerprint density at radius 3 is 2.60 bits per heavy atom. The highest BCUT2D eigenvalue weighted by Crippen LogP contribution is 2.23. The van der Waals surface area contributed by atoms with E-state index in [1.807, 2.05) is 24.3 Å². The van der Waals surface area contributed by atoms with Crippen molar-refractivity contribution < 1.29 is 9.53 Å². The molecule has 0 aliphatic rings. The van der Waals surface area contributed by atoms with Crippen LogP contribution in [-0.4, -0.2) is 26.1 Å². The van der Waals surface area contributed by atoms with Crippen LogP contribution in [0.2, 0.25) is 0 Å². The van der Waals surface area contributed by atoms with Crippen molar-refractivity contribution in [2.24, 2.45) is 11.1 Å². The molecule has 4 heteroatoms. The van der Waals surface area contributed by atoms with Gasteiger partial charge < -0.3 is 15.4 Å². The lowest BCUT2D eigenvalue weighted by Gasteiger charge is -2.25. The van der Waals surface area contributed by atoms with Gasteiger partial charge in [-0.3, -0.25) is 4.79 Å². The molecule has 0 saturated carbocycles. The number of amides is 1. The number of anilines is 1. The second-order valence-corrected chi connectivity index (χ2v) is 6.38. The second-order valence-electron chi connectivity index (χ2n) is 6.38. The van der Waals surface area contributed by atoms with Gasteiger partial charge >= 0.3 is 0 Å². The molecular weight excluding hydrogens is 252 g/mol. The minimum Gasteiger partial charge on any atom is -0.497 e. The van der Waals surface area contributed by atoms with Gasteiger partial charge in [0.1, 0.15) is 5.75 Å². The predicted octanol–water partition coefficient (Wildman–Crippen LogP) is 2.81. The normalized spacial score (nSPS) is 12.9. The Bertz CT molecular complexity index is 452. The van der Waals surface area contributed by atoms with E-state index in [0.717, 1.165) is 17.9 Å². The van der Waals surface area contributed by atoms with Crippen LogP contribution in [0.5, 0.6) is 5.75 Å². The summed E-state index contributed by atoms with van der Waals surface area (Å²) in [5, 5.41) is 0. The lowest BCUT2D eigenvalue weighted by atomic mass is 9.87. The first-order valence-corrected chi connectivity index (χ1v) is 6.89. The van der Waals surface area contributed by atoms with Crippen molar-refractivity contribution in [1.82, 2.24) is 0 Å². The lowest BCUT2D eigenvalue weighted by Crippen LogP contribution is -2.35. The third kappa shape index (κ3) is 5.21. The van der Waals surface area contributed by atoms with Crippen LogP contribution in [0.4, 0.5) is 5.69 Å². The van der Waals surface area contributed by atoms with E-state index in [2.05, 4.69) is 20.8 Å². The molecule has 0 aliphatic carbocycles. The number of hydrogen-bond donors (Lipinski definition) is 1. The molecule has 0 fully saturated rings. The third-order valence-electron chi connectivity index (χ3n) is 3.13. The van der Waals surface area contributed by atoms with E-state index in [4.69, 9.17) is 10.5 Å². The highest BCUT2D eigenvalue weighted by atomic mass is 16.5. The third-order valence-corrected chi connectivity index (χ3v) is 3.13. The number of nitrogens with two attached hydrogens (primary N) is 1. The zero-order valence-electron chi connectivity index (χ0n) is 13.1. The first-order valence-electron chi connectivity index (χ1n) is 6.89. The van der Waals surface area contributed by atoms with Crippen LogP contribution in [0.3, 0.4) is 0 Å². The summed E-state index contributed by atoms with van der Waals surface area (Å²) in [6.07, 6.45) is 1.18. The largest absolute Gasteiger partial charge is 0.497 e. The molecule has 0 saturated heterocycles. The first-order chi connectivity index (χ1) is 9.23. The maximum Gasteiger partial charge on any atom is 0.228 e. The molecule has 0 aromatic heterocycles. The van der Waals surface area contributed by atoms with Crippen LogP contribution in [0.1, 0.15) is 33.6 Å². The number of benzene rings is 1. The molecule has 2 N–H and O–H groups in total. The van der Waals surface area contributed by atoms with Crippen molar-refractivity contribution in [2.45, 2.75) is 39.7 Å². The summed E-state index contributed by atoms with van der Waals surface area (Å²) < 4.78 is 5.17. The van der Waals surface area contributed by atoms with Crippen LogP contribution in [0, 0.1) is 5.41 Å². The van der Waals surface area contributed by atoms with Gasteiger partial charge in [-0.1, -0.05) is 26.8 Å². The number of carbonyl (C=O) groups is 1. The Balaban J connectivity index is 2.66. The van der Waals surface area contributed by atoms with Crippen molar-refractivity contribution in [3.05, 3.63) is 24.3 Å². The number of hydrogen-bond acceptors (Lipinski definition) is 3. The molecule has 20 heavy (non-hydrogen) atoms. The Labute approximate surface area is 121 Å². The first kappa shape index (κ1) is 16.5. The van der Waals surface area contributed by atoms with Crippen LogP contribution < -0.4 is 15.4 Å². The number of rotatable bonds is 5. The summed E-state index contributed by atoms with van der Waals surface area (Å²) in [4.78, 5) is 13.9. The van der Waals surface area contributed by atoms with Crippen LogP contribution in [0.25, 0.3) is 0 Å². The second kappa shape index (κ2) is 6.75. The van der Waals surface area contributed by atoms with Crippen molar-refractivity contribution in [3.63, 3.8) is 0 Å². The molecule has 1 aromatic rings. The summed E-state index contributed by atoms with van der Waals surface area (Å²) in [7, 11) is 3.38. The van der Waals surface area contributed by atoms with Crippen molar-refractivity contribution in [1.29, 1.82) is 0 Å². The SMILES string of the molecule is COc1cccc(N(C)C(=O)CC(N)CC(C)(C)C)c1. The van der Waals surface area contributed by atoms with Crippen molar-refractivity contribution >= 4 is 11.6 Å². The standard InChI is InChI=1S/C16H26N2O2/c1-16(2,3)11-12(17)9-15(19)18(4)13-7-6-8-14(10-13)20-5/h6-8,10,12H,9,11,17H2,1-5H3. The highest BCUT2D eigenvalue weighted by molar-refractivity contribution is 5.93. The van der Waals surface area contributed by atoms with Crippen LogP contribution >= 0.6 is 0 Å². The van der Waals surface area contributed by atoms with Crippen molar-refractivity contribution in [3.8, 4) is 5.75 Å². The van der Waals surface area contributed by atoms with Gasteiger partial charge in [0.15, 0.2) is 0 Å². The smallest absolute Gasteiger partial charge is 0.228 e. The Hall–Kier alpha value is -1.55. The maximum absolute atomic E-state index is 12.2. The zero-order valence-corrected chi connectivity index (χ0v) is 13.1. The quantitative estimate of drug-likeness (QED) is 0.901. The molecule has 1 aromatic carbocycles. The monoisotopic (exact) mass is 278 g/mol. The fourth-order valence-electron chi connectivity index (χ4n) is 2.18. The molecule has 0 aliphatic heterocycles. The molecular formula is C16H26N2O2. The molecule has 1 atom stereocenters. The van der Waals surface area contributed by atoms with Gasteiger partial charge in [0.25, 0.3) is 0 Å². The minimum absolute atomic E-state index is 0.0232. The summed E-state index contributed by atoms with van der Waals surface area (Å²) in [5.74, 6) is 0.760. The number of methoxy groups -OCH3 is 1. The zero-order chi connectivity index (χ0) is 15.3. The van der Waals surface area contributed by atoms with Gasteiger partial charge in [-0.25, -0.2) is 0 Å². The van der Waals surface area contributed by atoms with E-state index < -0.39 is 0 Å². The topological polar surface area (TPSA) is 55.6 Å². The minimum atomic E-state index is -0.115. The fraction of sp³-hybridized carbons (Fsp3) is 0.562. The van der Waals surface area contributed by atoms with Gasteiger partial charge in [-0.05, 0) is 24.0 Å². The predicted molar refractivity (Wildman–Crippen MR) is 83.1 cm³/mol. The number of ether oxygens (including phenoxy) is 1. The molecule has 1 amide bonds. The average molecular weight is 278 g/mol. The average Bonchev–Trinajstić information content (AvgIpc) is 2.35. The van der Waals surface area contributed by atoms with Gasteiger partial charge in [0.05, 0.1) is 7.11 Å². The number of carbonyl (C=O) groups excluding carboxylic acids is 1. The van der Waals surface area contributed by atoms with E-state index in [1.54, 1.807) is 19.1 Å². The van der Waals surface area contributed by atoms with E-state index in [-0.39, 0.29) is 17.4 Å². The summed E-state index contributed by atoms with van der Waals surface area (Å²) >= 11 is 0. The lowest BCUT2D eigenvalue weighted by molar-refractivity contribution is -0.118. The van der Waals surface area contributed by atoms with E-state index in [0.29, 0.717) is 6.42 Å². The van der Waals surface area contributed by atoms with Gasteiger partial charge in [0, 0.05) is 31.3 Å². The van der Waals surface area contributed by atoms with Crippen LogP contribution in [-0.2, 0) is 4.79 Å². The molecule has 0 bridgehead atoms. The van der Waals surface area contributed by atoms with Gasteiger partial charge in [0.2, 0.25) is 5.91 Å². The Morgan fingerprint density at radius 2 is 2.05 bits per heavy atom. The molecule has 112 valence electrons. The van der Waals surface area contributed by atoms with Crippen LogP contribution in [0.15, 0.2) is 24.3 Å². The summed E-state index contributed by atoms with van der Waals surface area (Å²) in [6.45, 7) is 6.38. The molecule has 0 radical (unpaired) electrons. The Kier molecular flexibility index (Phi) is 5.57. The molecule has 0 spiro atoms. The van der Waals surface area contributed by atoms with Gasteiger partial charge in [-0.15, -0.1) is 0 Å². The number of nitrogens with zero attached hydrogens (tertiary/aromatic N) is 1. The maximum atomic E-state index is 12.2. The van der Waals surface area contributed by atoms with Crippen molar-refractivity contribution in [2.75, 3.05) is 19.1 Å². The molecule has 1 unspecified atom stereocenters. The summed E-state index contributed by atoms with van der Waals surface area (Å²) in [5.41, 5.74) is 7.01. The van der Waals surface area contributed by atoms with E-state index in [9.17, 15) is 4.79 Å². The fourth-order valence-corrected chi connectivity index (χ4v) is 2.18. The molecule has 0 heterocycles. The van der Waals surface area contributed by atoms with E-state index >= 15 is 0 Å². The Morgan fingerprint density at radius 1 is 1.40 bits per heavy atom. The van der Waals surface area contributed by atoms with E-state index in [1.165, 1.54) is 0 Å². The van der Waals surface area contributed by atoms with Gasteiger partial charge in [-0.2, -0.15) is 0 Å². The molecule has 1 rings (SSSR count). The highest BCUT2D eigenvalue weighted by Gasteiger charge is 2.20. The summed E-state index contributed by atoms with van der Waals surface area (Å²) in [6, 6.07) is 7.33. The molecule has 4 nitrogen and oxygen atoms in total.